The highest BCUT2D eigenvalue weighted by molar-refractivity contribution is 7.80. The van der Waals surface area contributed by atoms with E-state index in [-0.39, 0.29) is 25.0 Å². The molecule has 0 spiro atoms. The fourth-order valence-electron chi connectivity index (χ4n) is 4.44. The highest BCUT2D eigenvalue weighted by Gasteiger charge is 2.38. The van der Waals surface area contributed by atoms with E-state index in [0.29, 0.717) is 41.9 Å². The number of nitrogens with zero attached hydrogens (tertiary/aromatic N) is 2. The Hall–Kier alpha value is -2.59. The quantitative estimate of drug-likeness (QED) is 0.276. The van der Waals surface area contributed by atoms with Crippen LogP contribution in [0, 0.1) is 0 Å². The first-order valence-electron chi connectivity index (χ1n) is 12.1. The van der Waals surface area contributed by atoms with Crippen LogP contribution in [0.4, 0.5) is 0 Å². The lowest BCUT2D eigenvalue weighted by molar-refractivity contribution is -0.141. The van der Waals surface area contributed by atoms with Crippen LogP contribution in [0.3, 0.4) is 0 Å². The van der Waals surface area contributed by atoms with E-state index in [4.69, 9.17) is 30.9 Å². The Morgan fingerprint density at radius 1 is 1.24 bits per heavy atom. The molecule has 0 aliphatic carbocycles. The van der Waals surface area contributed by atoms with Crippen molar-refractivity contribution in [1.82, 2.24) is 9.88 Å². The van der Waals surface area contributed by atoms with Gasteiger partial charge in [0, 0.05) is 43.7 Å². The van der Waals surface area contributed by atoms with Crippen LogP contribution < -0.4 is 4.74 Å². The standard InChI is InChI=1S/C26H29ClN2O5S.CH4O/c1-17-25(26(31)34-16-18-4-7-20(8-5-18)33-11-12-35)22(19-6-9-23(27)28-14-19)13-24(30)29(17)15-21-3-2-10-32-21;1-2/h4-9,14,21-22,35H,2-3,10-13,15-16H2,1H3;2H,1H3/t21-,22+;/m1./s1. The maximum atomic E-state index is 13.4. The Morgan fingerprint density at radius 3 is 2.62 bits per heavy atom. The molecule has 0 unspecified atom stereocenters. The maximum absolute atomic E-state index is 13.4. The number of carbonyl (C=O) groups excluding carboxylic acids is 2. The van der Waals surface area contributed by atoms with Gasteiger partial charge in [-0.15, -0.1) is 0 Å². The zero-order valence-electron chi connectivity index (χ0n) is 21.1. The van der Waals surface area contributed by atoms with Crippen LogP contribution in [0.1, 0.15) is 43.2 Å². The number of rotatable bonds is 9. The zero-order chi connectivity index (χ0) is 26.8. The molecule has 2 atom stereocenters. The number of ether oxygens (including phenoxy) is 3. The molecule has 37 heavy (non-hydrogen) atoms. The third-order valence-corrected chi connectivity index (χ3v) is 6.67. The molecule has 1 saturated heterocycles. The minimum atomic E-state index is -0.461. The molecule has 1 N–H and O–H groups in total. The fourth-order valence-corrected chi connectivity index (χ4v) is 4.65. The Bertz CT molecular complexity index is 1070. The smallest absolute Gasteiger partial charge is 0.336 e. The predicted molar refractivity (Wildman–Crippen MR) is 144 cm³/mol. The van der Waals surface area contributed by atoms with Gasteiger partial charge in [-0.1, -0.05) is 29.8 Å². The predicted octanol–water partition coefficient (Wildman–Crippen LogP) is 4.16. The van der Waals surface area contributed by atoms with Gasteiger partial charge in [-0.05, 0) is 49.1 Å². The van der Waals surface area contributed by atoms with E-state index in [2.05, 4.69) is 17.6 Å². The fraction of sp³-hybridized carbons (Fsp3) is 0.444. The maximum Gasteiger partial charge on any atom is 0.336 e. The number of aliphatic hydroxyl groups excluding tert-OH is 1. The molecule has 2 aliphatic heterocycles. The number of allylic oxidation sites excluding steroid dienone is 1. The van der Waals surface area contributed by atoms with E-state index in [1.807, 2.05) is 24.3 Å². The average Bonchev–Trinajstić information content (AvgIpc) is 3.44. The molecule has 3 heterocycles. The van der Waals surface area contributed by atoms with Crippen molar-refractivity contribution in [3.63, 3.8) is 0 Å². The number of thiol groups is 1. The molecular weight excluding hydrogens is 516 g/mol. The first kappa shape index (κ1) is 29.0. The molecule has 0 saturated carbocycles. The molecule has 1 amide bonds. The molecule has 1 aromatic heterocycles. The van der Waals surface area contributed by atoms with Crippen molar-refractivity contribution in [2.45, 2.75) is 44.8 Å². The van der Waals surface area contributed by atoms with Gasteiger partial charge in [-0.2, -0.15) is 12.6 Å². The van der Waals surface area contributed by atoms with Crippen LogP contribution in [-0.2, 0) is 25.7 Å². The number of benzene rings is 1. The average molecular weight is 549 g/mol. The van der Waals surface area contributed by atoms with Crippen LogP contribution in [0.25, 0.3) is 0 Å². The van der Waals surface area contributed by atoms with Gasteiger partial charge in [-0.25, -0.2) is 9.78 Å². The Kier molecular flexibility index (Phi) is 11.3. The summed E-state index contributed by atoms with van der Waals surface area (Å²) in [5.41, 5.74) is 2.64. The third kappa shape index (κ3) is 7.70. The van der Waals surface area contributed by atoms with Crippen molar-refractivity contribution in [2.24, 2.45) is 0 Å². The molecule has 1 fully saturated rings. The summed E-state index contributed by atoms with van der Waals surface area (Å²) in [7, 11) is 1.00. The van der Waals surface area contributed by atoms with Crippen molar-refractivity contribution in [1.29, 1.82) is 0 Å². The van der Waals surface area contributed by atoms with Gasteiger partial charge in [0.2, 0.25) is 5.91 Å². The Labute approximate surface area is 228 Å². The highest BCUT2D eigenvalue weighted by atomic mass is 35.5. The number of pyridine rings is 1. The van der Waals surface area contributed by atoms with Gasteiger partial charge in [0.25, 0.3) is 0 Å². The minimum Gasteiger partial charge on any atom is -0.493 e. The molecule has 2 aromatic rings. The Balaban J connectivity index is 0.00000186. The second-order valence-corrected chi connectivity index (χ2v) is 9.44. The van der Waals surface area contributed by atoms with Crippen LogP contribution in [0.15, 0.2) is 53.9 Å². The number of halogens is 1. The summed E-state index contributed by atoms with van der Waals surface area (Å²) in [5.74, 6) is 0.398. The zero-order valence-corrected chi connectivity index (χ0v) is 22.7. The lowest BCUT2D eigenvalue weighted by Crippen LogP contribution is -2.42. The molecule has 4 rings (SSSR count). The van der Waals surface area contributed by atoms with Gasteiger partial charge in [-0.3, -0.25) is 4.79 Å². The van der Waals surface area contributed by atoms with Gasteiger partial charge in [0.05, 0.1) is 24.8 Å². The van der Waals surface area contributed by atoms with Gasteiger partial charge >= 0.3 is 5.97 Å². The minimum absolute atomic E-state index is 0.0248. The van der Waals surface area contributed by atoms with Crippen molar-refractivity contribution in [3.8, 4) is 5.75 Å². The number of hydrogen-bond acceptors (Lipinski definition) is 8. The summed E-state index contributed by atoms with van der Waals surface area (Å²) in [6, 6.07) is 10.8. The summed E-state index contributed by atoms with van der Waals surface area (Å²) >= 11 is 10.1. The lowest BCUT2D eigenvalue weighted by Gasteiger charge is -2.35. The van der Waals surface area contributed by atoms with Crippen molar-refractivity contribution in [3.05, 3.63) is 70.1 Å². The summed E-state index contributed by atoms with van der Waals surface area (Å²) in [5, 5.41) is 7.35. The summed E-state index contributed by atoms with van der Waals surface area (Å²) in [6.07, 6.45) is 3.61. The van der Waals surface area contributed by atoms with Crippen molar-refractivity contribution < 1.29 is 28.9 Å². The SMILES string of the molecule is CC1=C(C(=O)OCc2ccc(OCCS)cc2)[C@H](c2ccc(Cl)nc2)CC(=O)N1C[C@H]1CCCO1.CO. The number of aromatic nitrogens is 1. The molecule has 0 bridgehead atoms. The highest BCUT2D eigenvalue weighted by Crippen LogP contribution is 2.37. The monoisotopic (exact) mass is 548 g/mol. The molecule has 2 aliphatic rings. The van der Waals surface area contributed by atoms with Crippen LogP contribution >= 0.6 is 24.2 Å². The molecule has 1 aromatic carbocycles. The molecule has 200 valence electrons. The van der Waals surface area contributed by atoms with Crippen LogP contribution in [0.5, 0.6) is 5.75 Å². The first-order chi connectivity index (χ1) is 18.0. The molecule has 10 heteroatoms. The normalized spacial score (nSPS) is 19.4. The van der Waals surface area contributed by atoms with E-state index in [1.54, 1.807) is 30.2 Å². The second-order valence-electron chi connectivity index (χ2n) is 8.60. The van der Waals surface area contributed by atoms with Crippen molar-refractivity contribution in [2.75, 3.05) is 32.6 Å². The van der Waals surface area contributed by atoms with Gasteiger partial charge < -0.3 is 24.2 Å². The number of aliphatic hydroxyl groups is 1. The lowest BCUT2D eigenvalue weighted by atomic mass is 9.84. The summed E-state index contributed by atoms with van der Waals surface area (Å²) in [6.45, 7) is 3.55. The second kappa shape index (κ2) is 14.4. The molecule has 0 radical (unpaired) electrons. The topological polar surface area (TPSA) is 98.2 Å². The third-order valence-electron chi connectivity index (χ3n) is 6.26. The number of hydrogen-bond donors (Lipinski definition) is 2. The van der Waals surface area contributed by atoms with E-state index < -0.39 is 11.9 Å². The van der Waals surface area contributed by atoms with Gasteiger partial charge in [0.15, 0.2) is 0 Å². The number of amides is 1. The number of carbonyl (C=O) groups is 2. The Morgan fingerprint density at radius 2 is 2.00 bits per heavy atom. The summed E-state index contributed by atoms with van der Waals surface area (Å²) in [4.78, 5) is 32.3. The molecular formula is C27H33ClN2O6S. The van der Waals surface area contributed by atoms with Crippen LogP contribution in [-0.4, -0.2) is 65.6 Å². The van der Waals surface area contributed by atoms with E-state index in [1.165, 1.54) is 0 Å². The molecule has 8 nitrogen and oxygen atoms in total. The summed E-state index contributed by atoms with van der Waals surface area (Å²) < 4.78 is 17.0. The largest absolute Gasteiger partial charge is 0.493 e. The van der Waals surface area contributed by atoms with E-state index in [0.717, 1.165) is 36.8 Å². The van der Waals surface area contributed by atoms with E-state index in [9.17, 15) is 9.59 Å². The number of esters is 1. The van der Waals surface area contributed by atoms with E-state index >= 15 is 0 Å². The van der Waals surface area contributed by atoms with Gasteiger partial charge in [0.1, 0.15) is 17.5 Å². The first-order valence-corrected chi connectivity index (χ1v) is 13.2. The van der Waals surface area contributed by atoms with Crippen molar-refractivity contribution >= 4 is 36.1 Å². The van der Waals surface area contributed by atoms with Crippen LogP contribution in [0.2, 0.25) is 5.15 Å².